The van der Waals surface area contributed by atoms with Crippen molar-refractivity contribution in [3.8, 4) is 0 Å². The normalized spacial score (nSPS) is 32.0. The summed E-state index contributed by atoms with van der Waals surface area (Å²) in [6.07, 6.45) is 6.66. The van der Waals surface area contributed by atoms with Crippen LogP contribution in [0.2, 0.25) is 0 Å². The van der Waals surface area contributed by atoms with Gasteiger partial charge in [0, 0.05) is 6.04 Å². The molecular weight excluding hydrogens is 146 g/mol. The van der Waals surface area contributed by atoms with Gasteiger partial charge in [0.15, 0.2) is 0 Å². The zero-order valence-corrected chi connectivity index (χ0v) is 8.77. The zero-order chi connectivity index (χ0) is 9.19. The highest BCUT2D eigenvalue weighted by Crippen LogP contribution is 2.33. The van der Waals surface area contributed by atoms with Crippen molar-refractivity contribution in [3.05, 3.63) is 0 Å². The Hall–Kier alpha value is -0.0400. The summed E-state index contributed by atoms with van der Waals surface area (Å²) in [7, 11) is 0. The predicted octanol–water partition coefficient (Wildman–Crippen LogP) is 2.94. The second-order valence-corrected chi connectivity index (χ2v) is 5.47. The largest absolute Gasteiger partial charge is 0.327 e. The first-order valence-corrected chi connectivity index (χ1v) is 5.24. The minimum atomic E-state index is 0.458. The van der Waals surface area contributed by atoms with Gasteiger partial charge in [-0.1, -0.05) is 33.6 Å². The van der Waals surface area contributed by atoms with Gasteiger partial charge in [0.25, 0.3) is 0 Å². The Morgan fingerprint density at radius 2 is 1.75 bits per heavy atom. The SMILES string of the molecule is CC(C)(C)CC1CCCCC1N. The summed E-state index contributed by atoms with van der Waals surface area (Å²) in [5.41, 5.74) is 6.54. The fourth-order valence-corrected chi connectivity index (χ4v) is 2.28. The molecule has 2 unspecified atom stereocenters. The molecule has 0 aliphatic heterocycles. The van der Waals surface area contributed by atoms with Crippen molar-refractivity contribution in [2.24, 2.45) is 17.1 Å². The molecule has 12 heavy (non-hydrogen) atoms. The van der Waals surface area contributed by atoms with E-state index in [0.29, 0.717) is 11.5 Å². The molecule has 0 aromatic carbocycles. The summed E-state index contributed by atoms with van der Waals surface area (Å²) < 4.78 is 0. The van der Waals surface area contributed by atoms with E-state index in [-0.39, 0.29) is 0 Å². The van der Waals surface area contributed by atoms with Crippen LogP contribution in [0.4, 0.5) is 0 Å². The van der Waals surface area contributed by atoms with E-state index in [4.69, 9.17) is 5.73 Å². The molecular formula is C11H23N. The number of hydrogen-bond donors (Lipinski definition) is 1. The lowest BCUT2D eigenvalue weighted by Crippen LogP contribution is -2.35. The molecule has 72 valence electrons. The molecule has 0 aromatic heterocycles. The van der Waals surface area contributed by atoms with Crippen molar-refractivity contribution in [2.45, 2.75) is 58.9 Å². The molecule has 2 N–H and O–H groups in total. The molecule has 0 bridgehead atoms. The van der Waals surface area contributed by atoms with Gasteiger partial charge in [-0.2, -0.15) is 0 Å². The Morgan fingerprint density at radius 1 is 1.17 bits per heavy atom. The molecule has 1 rings (SSSR count). The fraction of sp³-hybridized carbons (Fsp3) is 1.00. The van der Waals surface area contributed by atoms with Crippen molar-refractivity contribution in [2.75, 3.05) is 0 Å². The van der Waals surface area contributed by atoms with Gasteiger partial charge in [-0.15, -0.1) is 0 Å². The number of hydrogen-bond acceptors (Lipinski definition) is 1. The summed E-state index contributed by atoms with van der Waals surface area (Å²) in [5, 5.41) is 0. The third-order valence-corrected chi connectivity index (χ3v) is 2.84. The maximum Gasteiger partial charge on any atom is 0.00673 e. The van der Waals surface area contributed by atoms with Crippen LogP contribution in [0.5, 0.6) is 0 Å². The maximum atomic E-state index is 6.09. The maximum absolute atomic E-state index is 6.09. The molecule has 1 heteroatoms. The van der Waals surface area contributed by atoms with Gasteiger partial charge in [-0.05, 0) is 30.6 Å². The smallest absolute Gasteiger partial charge is 0.00673 e. The Balaban J connectivity index is 2.39. The molecule has 0 aromatic rings. The molecule has 1 saturated carbocycles. The van der Waals surface area contributed by atoms with Crippen LogP contribution in [-0.4, -0.2) is 6.04 Å². The van der Waals surface area contributed by atoms with Gasteiger partial charge in [0.2, 0.25) is 0 Å². The van der Waals surface area contributed by atoms with Gasteiger partial charge in [0.1, 0.15) is 0 Å². The summed E-state index contributed by atoms with van der Waals surface area (Å²) >= 11 is 0. The zero-order valence-electron chi connectivity index (χ0n) is 8.77. The lowest BCUT2D eigenvalue weighted by atomic mass is 9.75. The first-order valence-electron chi connectivity index (χ1n) is 5.24. The summed E-state index contributed by atoms with van der Waals surface area (Å²) in [4.78, 5) is 0. The van der Waals surface area contributed by atoms with Crippen LogP contribution < -0.4 is 5.73 Å². The standard InChI is InChI=1S/C11H23N/c1-11(2,3)8-9-6-4-5-7-10(9)12/h9-10H,4-8,12H2,1-3H3. The van der Waals surface area contributed by atoms with Crippen LogP contribution in [0.3, 0.4) is 0 Å². The van der Waals surface area contributed by atoms with Gasteiger partial charge in [0.05, 0.1) is 0 Å². The third-order valence-electron chi connectivity index (χ3n) is 2.84. The van der Waals surface area contributed by atoms with Crippen LogP contribution in [0.1, 0.15) is 52.9 Å². The van der Waals surface area contributed by atoms with Crippen LogP contribution in [-0.2, 0) is 0 Å². The van der Waals surface area contributed by atoms with Crippen molar-refractivity contribution in [1.29, 1.82) is 0 Å². The van der Waals surface area contributed by atoms with E-state index in [2.05, 4.69) is 20.8 Å². The highest BCUT2D eigenvalue weighted by atomic mass is 14.7. The molecule has 1 aliphatic rings. The Kier molecular flexibility index (Phi) is 3.16. The lowest BCUT2D eigenvalue weighted by molar-refractivity contribution is 0.213. The van der Waals surface area contributed by atoms with E-state index in [1.165, 1.54) is 32.1 Å². The molecule has 2 atom stereocenters. The van der Waals surface area contributed by atoms with E-state index in [9.17, 15) is 0 Å². The van der Waals surface area contributed by atoms with E-state index < -0.39 is 0 Å². The van der Waals surface area contributed by atoms with Crippen molar-refractivity contribution < 1.29 is 0 Å². The van der Waals surface area contributed by atoms with Crippen molar-refractivity contribution in [1.82, 2.24) is 0 Å². The molecule has 1 fully saturated rings. The first kappa shape index (κ1) is 10.0. The Bertz CT molecular complexity index is 134. The summed E-state index contributed by atoms with van der Waals surface area (Å²) in [5.74, 6) is 0.791. The van der Waals surface area contributed by atoms with Crippen LogP contribution in [0.25, 0.3) is 0 Å². The van der Waals surface area contributed by atoms with E-state index in [0.717, 1.165) is 5.92 Å². The number of nitrogens with two attached hydrogens (primary N) is 1. The van der Waals surface area contributed by atoms with E-state index in [1.807, 2.05) is 0 Å². The average Bonchev–Trinajstić information content (AvgIpc) is 1.91. The minimum absolute atomic E-state index is 0.458. The summed E-state index contributed by atoms with van der Waals surface area (Å²) in [6, 6.07) is 0.484. The van der Waals surface area contributed by atoms with Crippen molar-refractivity contribution in [3.63, 3.8) is 0 Å². The molecule has 1 aliphatic carbocycles. The molecule has 0 spiro atoms. The monoisotopic (exact) mass is 169 g/mol. The highest BCUT2D eigenvalue weighted by Gasteiger charge is 2.25. The van der Waals surface area contributed by atoms with E-state index >= 15 is 0 Å². The molecule has 0 radical (unpaired) electrons. The average molecular weight is 169 g/mol. The Labute approximate surface area is 76.7 Å². The molecule has 0 heterocycles. The second kappa shape index (κ2) is 3.78. The molecule has 1 nitrogen and oxygen atoms in total. The van der Waals surface area contributed by atoms with Gasteiger partial charge >= 0.3 is 0 Å². The van der Waals surface area contributed by atoms with Gasteiger partial charge in [-0.25, -0.2) is 0 Å². The molecule has 0 saturated heterocycles. The quantitative estimate of drug-likeness (QED) is 0.641. The Morgan fingerprint density at radius 3 is 2.25 bits per heavy atom. The number of rotatable bonds is 1. The summed E-state index contributed by atoms with van der Waals surface area (Å²) in [6.45, 7) is 6.94. The van der Waals surface area contributed by atoms with Crippen molar-refractivity contribution >= 4 is 0 Å². The topological polar surface area (TPSA) is 26.0 Å². The van der Waals surface area contributed by atoms with Crippen LogP contribution >= 0.6 is 0 Å². The predicted molar refractivity (Wildman–Crippen MR) is 54.0 cm³/mol. The third kappa shape index (κ3) is 3.14. The van der Waals surface area contributed by atoms with Gasteiger partial charge in [-0.3, -0.25) is 0 Å². The molecule has 0 amide bonds. The lowest BCUT2D eigenvalue weighted by Gasteiger charge is -2.33. The second-order valence-electron chi connectivity index (χ2n) is 5.47. The minimum Gasteiger partial charge on any atom is -0.327 e. The fourth-order valence-electron chi connectivity index (χ4n) is 2.28. The highest BCUT2D eigenvalue weighted by molar-refractivity contribution is 4.81. The van der Waals surface area contributed by atoms with Gasteiger partial charge < -0.3 is 5.73 Å². The van der Waals surface area contributed by atoms with Crippen LogP contribution in [0.15, 0.2) is 0 Å². The first-order chi connectivity index (χ1) is 5.49. The van der Waals surface area contributed by atoms with E-state index in [1.54, 1.807) is 0 Å². The van der Waals surface area contributed by atoms with Crippen LogP contribution in [0, 0.1) is 11.3 Å².